The van der Waals surface area contributed by atoms with E-state index in [1.807, 2.05) is 30.3 Å². The van der Waals surface area contributed by atoms with E-state index in [4.69, 9.17) is 16.3 Å². The van der Waals surface area contributed by atoms with Crippen molar-refractivity contribution in [2.24, 2.45) is 0 Å². The Morgan fingerprint density at radius 3 is 2.65 bits per heavy atom. The molecule has 0 amide bonds. The first-order valence-corrected chi connectivity index (χ1v) is 6.48. The number of aromatic nitrogens is 1. The Morgan fingerprint density at radius 2 is 1.94 bits per heavy atom. The summed E-state index contributed by atoms with van der Waals surface area (Å²) in [5, 5.41) is 0. The van der Waals surface area contributed by atoms with Crippen LogP contribution in [-0.4, -0.2) is 4.98 Å². The minimum Gasteiger partial charge on any atom is -0.488 e. The van der Waals surface area contributed by atoms with Crippen molar-refractivity contribution < 1.29 is 4.74 Å². The van der Waals surface area contributed by atoms with Gasteiger partial charge in [0, 0.05) is 22.4 Å². The first-order valence-electron chi connectivity index (χ1n) is 5.15. The van der Waals surface area contributed by atoms with Crippen LogP contribution in [-0.2, 0) is 12.5 Å². The molecule has 1 aromatic heterocycles. The number of nitrogens with zero attached hydrogens (tertiary/aromatic N) is 1. The number of hydrogen-bond acceptors (Lipinski definition) is 2. The normalized spacial score (nSPS) is 10.2. The van der Waals surface area contributed by atoms with Gasteiger partial charge in [0.25, 0.3) is 0 Å². The number of benzene rings is 1. The van der Waals surface area contributed by atoms with Gasteiger partial charge in [0.15, 0.2) is 0 Å². The number of alkyl halides is 1. The second-order valence-corrected chi connectivity index (χ2v) is 4.72. The molecular formula is C13H11BrClNO. The molecule has 1 heterocycles. The lowest BCUT2D eigenvalue weighted by molar-refractivity contribution is 0.303. The van der Waals surface area contributed by atoms with Gasteiger partial charge in [-0.25, -0.2) is 0 Å². The largest absolute Gasteiger partial charge is 0.488 e. The molecule has 0 N–H and O–H groups in total. The molecule has 0 saturated heterocycles. The van der Waals surface area contributed by atoms with Gasteiger partial charge >= 0.3 is 0 Å². The lowest BCUT2D eigenvalue weighted by atomic mass is 10.2. The summed E-state index contributed by atoms with van der Waals surface area (Å²) in [5.41, 5.74) is 2.02. The maximum Gasteiger partial charge on any atom is 0.127 e. The predicted molar refractivity (Wildman–Crippen MR) is 72.3 cm³/mol. The molecule has 0 saturated carbocycles. The zero-order chi connectivity index (χ0) is 12.1. The maximum atomic E-state index is 5.81. The Bertz CT molecular complexity index is 487. The fourth-order valence-electron chi connectivity index (χ4n) is 1.40. The van der Waals surface area contributed by atoms with E-state index < -0.39 is 0 Å². The van der Waals surface area contributed by atoms with Crippen molar-refractivity contribution in [3.05, 3.63) is 58.3 Å². The van der Waals surface area contributed by atoms with Crippen LogP contribution in [0.25, 0.3) is 0 Å². The number of halogens is 2. The van der Waals surface area contributed by atoms with Crippen LogP contribution in [0, 0.1) is 0 Å². The van der Waals surface area contributed by atoms with Crippen LogP contribution in [0.5, 0.6) is 5.75 Å². The van der Waals surface area contributed by atoms with E-state index in [1.54, 1.807) is 12.4 Å². The zero-order valence-electron chi connectivity index (χ0n) is 9.07. The summed E-state index contributed by atoms with van der Waals surface area (Å²) in [5.74, 6) is 1.20. The Morgan fingerprint density at radius 1 is 1.18 bits per heavy atom. The third-order valence-electron chi connectivity index (χ3n) is 2.31. The SMILES string of the molecule is ClCc1cnccc1OCc1ccc(Br)cc1. The average molecular weight is 313 g/mol. The molecule has 0 fully saturated rings. The molecule has 4 heteroatoms. The third kappa shape index (κ3) is 3.45. The van der Waals surface area contributed by atoms with Crippen LogP contribution in [0.1, 0.15) is 11.1 Å². The molecule has 0 radical (unpaired) electrons. The van der Waals surface area contributed by atoms with Crippen LogP contribution >= 0.6 is 27.5 Å². The molecular weight excluding hydrogens is 302 g/mol. The molecule has 88 valence electrons. The topological polar surface area (TPSA) is 22.1 Å². The van der Waals surface area contributed by atoms with Crippen molar-refractivity contribution in [3.63, 3.8) is 0 Å². The molecule has 2 nitrogen and oxygen atoms in total. The second kappa shape index (κ2) is 6.03. The Kier molecular flexibility index (Phi) is 4.40. The highest BCUT2D eigenvalue weighted by molar-refractivity contribution is 9.10. The fourth-order valence-corrected chi connectivity index (χ4v) is 1.86. The number of hydrogen-bond donors (Lipinski definition) is 0. The molecule has 0 unspecified atom stereocenters. The molecule has 2 rings (SSSR count). The maximum absolute atomic E-state index is 5.81. The van der Waals surface area contributed by atoms with Gasteiger partial charge in [-0.2, -0.15) is 0 Å². The second-order valence-electron chi connectivity index (χ2n) is 3.53. The van der Waals surface area contributed by atoms with Crippen LogP contribution in [0.3, 0.4) is 0 Å². The highest BCUT2D eigenvalue weighted by Crippen LogP contribution is 2.20. The first-order chi connectivity index (χ1) is 8.29. The van der Waals surface area contributed by atoms with E-state index in [0.29, 0.717) is 12.5 Å². The highest BCUT2D eigenvalue weighted by atomic mass is 79.9. The summed E-state index contributed by atoms with van der Waals surface area (Å²) in [6.07, 6.45) is 3.43. The summed E-state index contributed by atoms with van der Waals surface area (Å²) in [6, 6.07) is 9.86. The minimum absolute atomic E-state index is 0.406. The molecule has 0 aliphatic carbocycles. The van der Waals surface area contributed by atoms with E-state index in [-0.39, 0.29) is 0 Å². The van der Waals surface area contributed by atoms with Crippen molar-refractivity contribution in [2.45, 2.75) is 12.5 Å². The monoisotopic (exact) mass is 311 g/mol. The van der Waals surface area contributed by atoms with E-state index in [1.165, 1.54) is 0 Å². The Balaban J connectivity index is 2.04. The summed E-state index contributed by atoms with van der Waals surface area (Å²) < 4.78 is 6.78. The quantitative estimate of drug-likeness (QED) is 0.791. The predicted octanol–water partition coefficient (Wildman–Crippen LogP) is 4.16. The van der Waals surface area contributed by atoms with Gasteiger partial charge in [0.05, 0.1) is 5.88 Å². The van der Waals surface area contributed by atoms with E-state index in [9.17, 15) is 0 Å². The van der Waals surface area contributed by atoms with Crippen molar-refractivity contribution in [1.29, 1.82) is 0 Å². The summed E-state index contributed by atoms with van der Waals surface area (Å²) in [6.45, 7) is 0.529. The summed E-state index contributed by atoms with van der Waals surface area (Å²) in [7, 11) is 0. The zero-order valence-corrected chi connectivity index (χ0v) is 11.4. The van der Waals surface area contributed by atoms with Crippen molar-refractivity contribution in [1.82, 2.24) is 4.98 Å². The van der Waals surface area contributed by atoms with Crippen LogP contribution in [0.15, 0.2) is 47.2 Å². The standard InChI is InChI=1S/C13H11BrClNO/c14-12-3-1-10(2-4-12)9-17-13-5-6-16-8-11(13)7-15/h1-6,8H,7,9H2. The van der Waals surface area contributed by atoms with Gasteiger partial charge in [0.2, 0.25) is 0 Å². The molecule has 0 aliphatic heterocycles. The minimum atomic E-state index is 0.406. The van der Waals surface area contributed by atoms with Gasteiger partial charge in [-0.1, -0.05) is 28.1 Å². The van der Waals surface area contributed by atoms with Crippen molar-refractivity contribution in [3.8, 4) is 5.75 Å². The van der Waals surface area contributed by atoms with E-state index in [2.05, 4.69) is 20.9 Å². The number of ether oxygens (including phenoxy) is 1. The van der Waals surface area contributed by atoms with Gasteiger partial charge in [0.1, 0.15) is 12.4 Å². The molecule has 0 bridgehead atoms. The first kappa shape index (κ1) is 12.4. The van der Waals surface area contributed by atoms with Crippen LogP contribution in [0.2, 0.25) is 0 Å². The average Bonchev–Trinajstić information content (AvgIpc) is 2.38. The molecule has 2 aromatic rings. The van der Waals surface area contributed by atoms with E-state index >= 15 is 0 Å². The van der Waals surface area contributed by atoms with Gasteiger partial charge in [-0.3, -0.25) is 4.98 Å². The van der Waals surface area contributed by atoms with Gasteiger partial charge in [-0.05, 0) is 23.8 Å². The summed E-state index contributed by atoms with van der Waals surface area (Å²) >= 11 is 9.21. The Labute approximate surface area is 114 Å². The molecule has 17 heavy (non-hydrogen) atoms. The van der Waals surface area contributed by atoms with E-state index in [0.717, 1.165) is 21.3 Å². The number of pyridine rings is 1. The third-order valence-corrected chi connectivity index (χ3v) is 3.13. The highest BCUT2D eigenvalue weighted by Gasteiger charge is 2.02. The molecule has 0 atom stereocenters. The van der Waals surface area contributed by atoms with Crippen LogP contribution < -0.4 is 4.74 Å². The van der Waals surface area contributed by atoms with Gasteiger partial charge < -0.3 is 4.74 Å². The van der Waals surface area contributed by atoms with Crippen LogP contribution in [0.4, 0.5) is 0 Å². The molecule has 0 spiro atoms. The smallest absolute Gasteiger partial charge is 0.127 e. The lowest BCUT2D eigenvalue weighted by Crippen LogP contribution is -1.98. The van der Waals surface area contributed by atoms with Crippen molar-refractivity contribution >= 4 is 27.5 Å². The number of rotatable bonds is 4. The Hall–Kier alpha value is -1.06. The van der Waals surface area contributed by atoms with Crippen molar-refractivity contribution in [2.75, 3.05) is 0 Å². The summed E-state index contributed by atoms with van der Waals surface area (Å²) in [4.78, 5) is 4.01. The fraction of sp³-hybridized carbons (Fsp3) is 0.154. The lowest BCUT2D eigenvalue weighted by Gasteiger charge is -2.09. The molecule has 0 aliphatic rings. The molecule has 1 aromatic carbocycles. The van der Waals surface area contributed by atoms with Gasteiger partial charge in [-0.15, -0.1) is 11.6 Å².